The summed E-state index contributed by atoms with van der Waals surface area (Å²) in [5.41, 5.74) is 5.28. The van der Waals surface area contributed by atoms with Crippen LogP contribution in [0.3, 0.4) is 0 Å². The van der Waals surface area contributed by atoms with Crippen molar-refractivity contribution in [3.63, 3.8) is 0 Å². The second kappa shape index (κ2) is 10.2. The van der Waals surface area contributed by atoms with Gasteiger partial charge in [-0.15, -0.1) is 0 Å². The average molecular weight is 507 g/mol. The normalized spacial score (nSPS) is 16.3. The molecule has 0 fully saturated rings. The molecule has 2 aromatic heterocycles. The molecule has 2 heterocycles. The Balaban J connectivity index is 0.000000190. The van der Waals surface area contributed by atoms with Crippen molar-refractivity contribution in [3.05, 3.63) is 102 Å². The van der Waals surface area contributed by atoms with Gasteiger partial charge in [-0.3, -0.25) is 9.78 Å². The maximum Gasteiger partial charge on any atom is 0.354 e. The molecule has 2 aliphatic carbocycles. The number of aromatic carboxylic acids is 1. The predicted molar refractivity (Wildman–Crippen MR) is 149 cm³/mol. The molecule has 0 bridgehead atoms. The van der Waals surface area contributed by atoms with E-state index in [4.69, 9.17) is 9.84 Å². The van der Waals surface area contributed by atoms with Gasteiger partial charge < -0.3 is 9.84 Å². The molecular formula is C32H30N2O4. The molecule has 4 aromatic rings. The number of carbonyl (C=O) groups is 2. The molecule has 1 N–H and O–H groups in total. The molecule has 0 amide bonds. The Hall–Kier alpha value is -4.32. The fraction of sp³-hybridized carbons (Fsp3) is 0.250. The van der Waals surface area contributed by atoms with Gasteiger partial charge in [-0.05, 0) is 91.3 Å². The largest absolute Gasteiger partial charge is 0.477 e. The number of aromatic nitrogens is 2. The number of rotatable bonds is 2. The second-order valence-electron chi connectivity index (χ2n) is 10.6. The molecule has 192 valence electrons. The molecule has 2 aliphatic rings. The minimum Gasteiger partial charge on any atom is -0.477 e. The van der Waals surface area contributed by atoms with E-state index in [1.807, 2.05) is 20.8 Å². The van der Waals surface area contributed by atoms with E-state index in [0.29, 0.717) is 5.52 Å². The van der Waals surface area contributed by atoms with E-state index in [1.165, 1.54) is 39.1 Å². The predicted octanol–water partition coefficient (Wildman–Crippen LogP) is 6.79. The Morgan fingerprint density at radius 3 is 2.58 bits per heavy atom. The van der Waals surface area contributed by atoms with E-state index in [1.54, 1.807) is 24.5 Å². The van der Waals surface area contributed by atoms with E-state index in [9.17, 15) is 9.59 Å². The quantitative estimate of drug-likeness (QED) is 0.301. The first-order valence-corrected chi connectivity index (χ1v) is 12.8. The summed E-state index contributed by atoms with van der Waals surface area (Å²) in [7, 11) is 0. The third-order valence-electron chi connectivity index (χ3n) is 6.77. The molecular weight excluding hydrogens is 476 g/mol. The van der Waals surface area contributed by atoms with Crippen LogP contribution in [0, 0.1) is 5.92 Å². The molecule has 0 spiro atoms. The van der Waals surface area contributed by atoms with Crippen LogP contribution in [0.25, 0.3) is 27.2 Å². The van der Waals surface area contributed by atoms with E-state index >= 15 is 0 Å². The van der Waals surface area contributed by atoms with Gasteiger partial charge in [-0.25, -0.2) is 9.78 Å². The van der Waals surface area contributed by atoms with Crippen LogP contribution >= 0.6 is 0 Å². The summed E-state index contributed by atoms with van der Waals surface area (Å²) in [4.78, 5) is 31.3. The van der Waals surface area contributed by atoms with Gasteiger partial charge >= 0.3 is 11.9 Å². The Bertz CT molecular complexity index is 1610. The Morgan fingerprint density at radius 2 is 1.79 bits per heavy atom. The second-order valence-corrected chi connectivity index (χ2v) is 10.6. The van der Waals surface area contributed by atoms with Gasteiger partial charge in [0.2, 0.25) is 0 Å². The fourth-order valence-corrected chi connectivity index (χ4v) is 5.12. The number of hydrogen-bond donors (Lipinski definition) is 1. The highest BCUT2D eigenvalue weighted by atomic mass is 16.6. The van der Waals surface area contributed by atoms with Gasteiger partial charge in [0, 0.05) is 17.8 Å². The van der Waals surface area contributed by atoms with Crippen molar-refractivity contribution in [2.75, 3.05) is 0 Å². The number of carboxylic acids is 1. The Kier molecular flexibility index (Phi) is 6.81. The monoisotopic (exact) mass is 506 g/mol. The number of esters is 1. The zero-order chi connectivity index (χ0) is 26.9. The van der Waals surface area contributed by atoms with Crippen molar-refractivity contribution in [1.29, 1.82) is 0 Å². The number of carbonyl (C=O) groups excluding carboxylic acids is 1. The van der Waals surface area contributed by atoms with Crippen molar-refractivity contribution < 1.29 is 19.4 Å². The summed E-state index contributed by atoms with van der Waals surface area (Å²) in [5, 5.41) is 12.0. The first kappa shape index (κ1) is 25.3. The van der Waals surface area contributed by atoms with E-state index in [2.05, 4.69) is 58.5 Å². The number of pyridine rings is 2. The lowest BCUT2D eigenvalue weighted by molar-refractivity contribution is -0.158. The molecule has 0 radical (unpaired) electrons. The minimum absolute atomic E-state index is 0.0544. The Labute approximate surface area is 221 Å². The number of fused-ring (bicyclic) bond motifs is 5. The molecule has 6 nitrogen and oxygen atoms in total. The first-order valence-electron chi connectivity index (χ1n) is 12.8. The zero-order valence-corrected chi connectivity index (χ0v) is 21.8. The van der Waals surface area contributed by atoms with Crippen LogP contribution in [-0.4, -0.2) is 32.6 Å². The van der Waals surface area contributed by atoms with Crippen molar-refractivity contribution >= 4 is 39.2 Å². The zero-order valence-electron chi connectivity index (χ0n) is 21.8. The summed E-state index contributed by atoms with van der Waals surface area (Å²) >= 11 is 0. The fourth-order valence-electron chi connectivity index (χ4n) is 5.12. The van der Waals surface area contributed by atoms with Gasteiger partial charge in [0.25, 0.3) is 0 Å². The summed E-state index contributed by atoms with van der Waals surface area (Å²) in [6.45, 7) is 5.81. The molecule has 0 saturated carbocycles. The average Bonchev–Trinajstić information content (AvgIpc) is 2.91. The van der Waals surface area contributed by atoms with Crippen molar-refractivity contribution in [2.24, 2.45) is 5.92 Å². The number of carboxylic acid groups (broad SMARTS) is 1. The Morgan fingerprint density at radius 1 is 1.00 bits per heavy atom. The van der Waals surface area contributed by atoms with Crippen LogP contribution < -0.4 is 0 Å². The molecule has 2 aromatic carbocycles. The van der Waals surface area contributed by atoms with E-state index in [0.717, 1.165) is 24.6 Å². The van der Waals surface area contributed by atoms with Crippen molar-refractivity contribution in [2.45, 2.75) is 45.6 Å². The molecule has 0 aliphatic heterocycles. The minimum atomic E-state index is -1.02. The van der Waals surface area contributed by atoms with Crippen molar-refractivity contribution in [1.82, 2.24) is 9.97 Å². The third-order valence-corrected chi connectivity index (χ3v) is 6.77. The molecule has 0 saturated heterocycles. The summed E-state index contributed by atoms with van der Waals surface area (Å²) in [6.07, 6.45) is 10.3. The molecule has 1 atom stereocenters. The van der Waals surface area contributed by atoms with Crippen LogP contribution in [0.5, 0.6) is 0 Å². The first-order chi connectivity index (χ1) is 18.2. The summed E-state index contributed by atoms with van der Waals surface area (Å²) in [6, 6.07) is 17.7. The maximum absolute atomic E-state index is 12.9. The van der Waals surface area contributed by atoms with Crippen LogP contribution in [0.15, 0.2) is 84.7 Å². The lowest BCUT2D eigenvalue weighted by atomic mass is 9.74. The lowest BCUT2D eigenvalue weighted by Gasteiger charge is -2.33. The smallest absolute Gasteiger partial charge is 0.354 e. The van der Waals surface area contributed by atoms with Crippen LogP contribution in [0.1, 0.15) is 55.2 Å². The topological polar surface area (TPSA) is 89.4 Å². The van der Waals surface area contributed by atoms with Crippen LogP contribution in [0.2, 0.25) is 0 Å². The van der Waals surface area contributed by atoms with Crippen LogP contribution in [0.4, 0.5) is 0 Å². The number of benzene rings is 2. The van der Waals surface area contributed by atoms with Gasteiger partial charge in [-0.1, -0.05) is 48.6 Å². The number of hydrogen-bond acceptors (Lipinski definition) is 5. The van der Waals surface area contributed by atoms with Crippen LogP contribution in [-0.2, 0) is 16.0 Å². The highest BCUT2D eigenvalue weighted by Gasteiger charge is 2.35. The number of allylic oxidation sites excluding steroid dienone is 3. The lowest BCUT2D eigenvalue weighted by Crippen LogP contribution is -2.33. The van der Waals surface area contributed by atoms with Gasteiger partial charge in [0.1, 0.15) is 11.3 Å². The summed E-state index contributed by atoms with van der Waals surface area (Å²) < 4.78 is 5.76. The summed E-state index contributed by atoms with van der Waals surface area (Å²) in [5.74, 6) is -1.27. The van der Waals surface area contributed by atoms with Crippen molar-refractivity contribution in [3.8, 4) is 0 Å². The highest BCUT2D eigenvalue weighted by Crippen LogP contribution is 2.43. The molecule has 6 heteroatoms. The number of nitrogens with zero attached hydrogens (tertiary/aromatic N) is 2. The highest BCUT2D eigenvalue weighted by molar-refractivity contribution is 5.96. The molecule has 6 rings (SSSR count). The van der Waals surface area contributed by atoms with Gasteiger partial charge in [-0.2, -0.15) is 0 Å². The standard InChI is InChI=1S/C23H24O2.C9H6N2O2/c1-23(2,3)25-22(24)21-14-20-16-9-5-4-8-15(16)12-13-19(20)17-10-6-7-11-18(17)21;12-9(13)8-2-1-6-5-10-4-3-7(6)11-8/h4-6,8-10,12-13,21H,7,11,14H2,1-3H3;1-5H,(H,12,13). The van der Waals surface area contributed by atoms with Gasteiger partial charge in [0.05, 0.1) is 11.4 Å². The molecule has 1 unspecified atom stereocenters. The van der Waals surface area contributed by atoms with E-state index < -0.39 is 11.6 Å². The van der Waals surface area contributed by atoms with E-state index in [-0.39, 0.29) is 17.6 Å². The SMILES string of the molecule is CC(C)(C)OC(=O)C1Cc2c(ccc3ccccc23)C2=C1CCC=C2.O=C(O)c1ccc2cnccc2n1. The maximum atomic E-state index is 12.9. The third kappa shape index (κ3) is 5.21. The molecule has 38 heavy (non-hydrogen) atoms. The van der Waals surface area contributed by atoms with Gasteiger partial charge in [0.15, 0.2) is 0 Å². The number of ether oxygens (including phenoxy) is 1.